The largest absolute Gasteiger partial charge is 0.383 e. The quantitative estimate of drug-likeness (QED) is 0.745. The highest BCUT2D eigenvalue weighted by atomic mass is 16.5. The van der Waals surface area contributed by atoms with Crippen molar-refractivity contribution in [3.05, 3.63) is 47.8 Å². The number of methoxy groups -OCH3 is 1. The number of rotatable bonds is 8. The van der Waals surface area contributed by atoms with Crippen LogP contribution < -0.4 is 10.6 Å². The molecule has 0 fully saturated rings. The Balaban J connectivity index is 2.05. The van der Waals surface area contributed by atoms with Crippen molar-refractivity contribution in [1.82, 2.24) is 20.0 Å². The van der Waals surface area contributed by atoms with Crippen molar-refractivity contribution in [3.8, 4) is 0 Å². The highest BCUT2D eigenvalue weighted by molar-refractivity contribution is 5.89. The van der Waals surface area contributed by atoms with Gasteiger partial charge in [0.2, 0.25) is 5.91 Å². The monoisotopic (exact) mass is 359 g/mol. The Morgan fingerprint density at radius 3 is 2.77 bits per heavy atom. The number of amides is 3. The lowest BCUT2D eigenvalue weighted by molar-refractivity contribution is -0.119. The average Bonchev–Trinajstić information content (AvgIpc) is 3.03. The van der Waals surface area contributed by atoms with Gasteiger partial charge in [-0.15, -0.1) is 0 Å². The Bertz CT molecular complexity index is 744. The smallest absolute Gasteiger partial charge is 0.322 e. The fourth-order valence-electron chi connectivity index (χ4n) is 2.46. The van der Waals surface area contributed by atoms with Gasteiger partial charge in [-0.3, -0.25) is 9.48 Å². The van der Waals surface area contributed by atoms with Crippen LogP contribution in [0.3, 0.4) is 0 Å². The first-order valence-electron chi connectivity index (χ1n) is 8.33. The molecule has 2 aromatic rings. The Kier molecular flexibility index (Phi) is 7.16. The first-order chi connectivity index (χ1) is 12.5. The van der Waals surface area contributed by atoms with Gasteiger partial charge in [-0.05, 0) is 17.7 Å². The number of hydrogen-bond acceptors (Lipinski definition) is 4. The second-order valence-electron chi connectivity index (χ2n) is 5.92. The lowest BCUT2D eigenvalue weighted by Gasteiger charge is -2.22. The minimum absolute atomic E-state index is 0.0771. The van der Waals surface area contributed by atoms with Gasteiger partial charge in [-0.25, -0.2) is 4.79 Å². The van der Waals surface area contributed by atoms with Gasteiger partial charge in [0, 0.05) is 45.2 Å². The third kappa shape index (κ3) is 5.89. The molecular weight excluding hydrogens is 334 g/mol. The maximum atomic E-state index is 12.7. The third-order valence-electron chi connectivity index (χ3n) is 3.81. The van der Waals surface area contributed by atoms with Crippen molar-refractivity contribution in [2.75, 3.05) is 32.6 Å². The van der Waals surface area contributed by atoms with Gasteiger partial charge in [0.1, 0.15) is 0 Å². The number of aromatic nitrogens is 2. The van der Waals surface area contributed by atoms with Crippen LogP contribution in [0.4, 0.5) is 10.5 Å². The van der Waals surface area contributed by atoms with Crippen molar-refractivity contribution >= 4 is 17.6 Å². The molecule has 0 radical (unpaired) electrons. The molecular formula is C18H25N5O3. The molecule has 0 aliphatic rings. The first-order valence-corrected chi connectivity index (χ1v) is 8.33. The first kappa shape index (κ1) is 19.5. The number of urea groups is 1. The Morgan fingerprint density at radius 1 is 1.31 bits per heavy atom. The number of nitrogens with one attached hydrogen (secondary N) is 2. The standard InChI is InChI=1S/C18H25N5O3/c1-19-17(24)10-14-5-4-6-16(9-14)21-18(25)23(7-8-26-3)13-15-11-20-22(2)12-15/h4-6,9,11-12H,7-8,10,13H2,1-3H3,(H,19,24)(H,21,25). The molecule has 0 unspecified atom stereocenters. The zero-order valence-corrected chi connectivity index (χ0v) is 15.4. The summed E-state index contributed by atoms with van der Waals surface area (Å²) in [6, 6.07) is 7.02. The Hall–Kier alpha value is -2.87. The van der Waals surface area contributed by atoms with Crippen LogP contribution in [0.15, 0.2) is 36.7 Å². The number of carbonyl (C=O) groups is 2. The maximum absolute atomic E-state index is 12.7. The highest BCUT2D eigenvalue weighted by Crippen LogP contribution is 2.13. The lowest BCUT2D eigenvalue weighted by atomic mass is 10.1. The van der Waals surface area contributed by atoms with Crippen LogP contribution in [0.2, 0.25) is 0 Å². The number of anilines is 1. The van der Waals surface area contributed by atoms with Crippen molar-refractivity contribution in [3.63, 3.8) is 0 Å². The molecule has 8 nitrogen and oxygen atoms in total. The van der Waals surface area contributed by atoms with Gasteiger partial charge in [0.25, 0.3) is 0 Å². The molecule has 1 aromatic heterocycles. The van der Waals surface area contributed by atoms with Crippen LogP contribution in [0.1, 0.15) is 11.1 Å². The van der Waals surface area contributed by atoms with E-state index in [1.807, 2.05) is 25.4 Å². The highest BCUT2D eigenvalue weighted by Gasteiger charge is 2.15. The summed E-state index contributed by atoms with van der Waals surface area (Å²) in [5, 5.41) is 9.60. The van der Waals surface area contributed by atoms with E-state index in [1.54, 1.807) is 42.1 Å². The number of ether oxygens (including phenoxy) is 1. The van der Waals surface area contributed by atoms with Gasteiger partial charge < -0.3 is 20.3 Å². The van der Waals surface area contributed by atoms with Crippen LogP contribution in [0.5, 0.6) is 0 Å². The van der Waals surface area contributed by atoms with Gasteiger partial charge in [0.15, 0.2) is 0 Å². The van der Waals surface area contributed by atoms with E-state index in [2.05, 4.69) is 15.7 Å². The molecule has 140 valence electrons. The minimum Gasteiger partial charge on any atom is -0.383 e. The maximum Gasteiger partial charge on any atom is 0.322 e. The molecule has 3 amide bonds. The molecule has 8 heteroatoms. The molecule has 0 atom stereocenters. The van der Waals surface area contributed by atoms with Gasteiger partial charge in [-0.2, -0.15) is 5.10 Å². The lowest BCUT2D eigenvalue weighted by Crippen LogP contribution is -2.36. The van der Waals surface area contributed by atoms with Crippen LogP contribution in [-0.2, 0) is 29.5 Å². The summed E-state index contributed by atoms with van der Waals surface area (Å²) < 4.78 is 6.80. The van der Waals surface area contributed by atoms with Crippen molar-refractivity contribution in [2.24, 2.45) is 7.05 Å². The van der Waals surface area contributed by atoms with E-state index in [9.17, 15) is 9.59 Å². The van der Waals surface area contributed by atoms with E-state index in [0.29, 0.717) is 25.4 Å². The fraction of sp³-hybridized carbons (Fsp3) is 0.389. The average molecular weight is 359 g/mol. The minimum atomic E-state index is -0.233. The summed E-state index contributed by atoms with van der Waals surface area (Å²) in [7, 11) is 5.03. The van der Waals surface area contributed by atoms with Crippen LogP contribution >= 0.6 is 0 Å². The molecule has 1 aromatic carbocycles. The normalized spacial score (nSPS) is 10.4. The molecule has 0 saturated carbocycles. The van der Waals surface area contributed by atoms with Gasteiger partial charge in [-0.1, -0.05) is 12.1 Å². The van der Waals surface area contributed by atoms with E-state index in [1.165, 1.54) is 0 Å². The predicted octanol–water partition coefficient (Wildman–Crippen LogP) is 1.39. The zero-order valence-electron chi connectivity index (χ0n) is 15.4. The van der Waals surface area contributed by atoms with Gasteiger partial charge >= 0.3 is 6.03 Å². The molecule has 0 spiro atoms. The summed E-state index contributed by atoms with van der Waals surface area (Å²) in [6.45, 7) is 1.32. The summed E-state index contributed by atoms with van der Waals surface area (Å²) in [4.78, 5) is 25.8. The number of benzene rings is 1. The second-order valence-corrected chi connectivity index (χ2v) is 5.92. The molecule has 26 heavy (non-hydrogen) atoms. The number of nitrogens with zero attached hydrogens (tertiary/aromatic N) is 3. The van der Waals surface area contributed by atoms with Crippen LogP contribution in [0.25, 0.3) is 0 Å². The number of hydrogen-bond donors (Lipinski definition) is 2. The molecule has 0 saturated heterocycles. The topological polar surface area (TPSA) is 88.5 Å². The Morgan fingerprint density at radius 2 is 2.12 bits per heavy atom. The summed E-state index contributed by atoms with van der Waals surface area (Å²) in [5.41, 5.74) is 2.41. The predicted molar refractivity (Wildman–Crippen MR) is 98.7 cm³/mol. The molecule has 0 aliphatic heterocycles. The van der Waals surface area contributed by atoms with Crippen molar-refractivity contribution < 1.29 is 14.3 Å². The van der Waals surface area contributed by atoms with Crippen molar-refractivity contribution in [1.29, 1.82) is 0 Å². The molecule has 0 aliphatic carbocycles. The van der Waals surface area contributed by atoms with E-state index < -0.39 is 0 Å². The van der Waals surface area contributed by atoms with Crippen LogP contribution in [-0.4, -0.2) is 53.9 Å². The second kappa shape index (κ2) is 9.57. The van der Waals surface area contributed by atoms with Gasteiger partial charge in [0.05, 0.1) is 25.8 Å². The SMILES string of the molecule is CNC(=O)Cc1cccc(NC(=O)N(CCOC)Cc2cnn(C)c2)c1. The molecule has 0 bridgehead atoms. The molecule has 2 rings (SSSR count). The number of aryl methyl sites for hydroxylation is 1. The number of likely N-dealkylation sites (N-methyl/N-ethyl adjacent to an activating group) is 1. The Labute approximate surface area is 153 Å². The van der Waals surface area contributed by atoms with E-state index in [4.69, 9.17) is 4.74 Å². The zero-order chi connectivity index (χ0) is 18.9. The molecule has 2 N–H and O–H groups in total. The summed E-state index contributed by atoms with van der Waals surface area (Å²) in [6.07, 6.45) is 3.87. The van der Waals surface area contributed by atoms with E-state index >= 15 is 0 Å². The van der Waals surface area contributed by atoms with Crippen molar-refractivity contribution in [2.45, 2.75) is 13.0 Å². The third-order valence-corrected chi connectivity index (χ3v) is 3.81. The van der Waals surface area contributed by atoms with E-state index in [0.717, 1.165) is 11.1 Å². The number of carbonyl (C=O) groups excluding carboxylic acids is 2. The fourth-order valence-corrected chi connectivity index (χ4v) is 2.46. The van der Waals surface area contributed by atoms with E-state index in [-0.39, 0.29) is 18.4 Å². The van der Waals surface area contributed by atoms with Crippen LogP contribution in [0, 0.1) is 0 Å². The molecule has 1 heterocycles. The summed E-state index contributed by atoms with van der Waals surface area (Å²) in [5.74, 6) is -0.0771. The summed E-state index contributed by atoms with van der Waals surface area (Å²) >= 11 is 0.